The van der Waals surface area contributed by atoms with Crippen LogP contribution in [0.2, 0.25) is 0 Å². The number of rotatable bonds is 5. The number of ether oxygens (including phenoxy) is 1. The Kier molecular flexibility index (Phi) is 5.51. The molecule has 2 atom stereocenters. The Balaban J connectivity index is 1.96. The molecule has 2 heterocycles. The molecule has 0 bridgehead atoms. The molecule has 0 saturated carbocycles. The van der Waals surface area contributed by atoms with Crippen molar-refractivity contribution in [3.05, 3.63) is 59.2 Å². The summed E-state index contributed by atoms with van der Waals surface area (Å²) in [5.74, 6) is 2.79. The van der Waals surface area contributed by atoms with Gasteiger partial charge in [0, 0.05) is 29.4 Å². The highest BCUT2D eigenvalue weighted by atomic mass is 19.1. The van der Waals surface area contributed by atoms with Gasteiger partial charge < -0.3 is 10.1 Å². The van der Waals surface area contributed by atoms with Crippen molar-refractivity contribution in [1.29, 1.82) is 0 Å². The maximum Gasteiger partial charge on any atom is 0.236 e. The lowest BCUT2D eigenvalue weighted by molar-refractivity contribution is -0.124. The average molecular weight is 366 g/mol. The molecule has 0 aliphatic carbocycles. The number of nitrogens with zero attached hydrogens (tertiary/aromatic N) is 1. The first kappa shape index (κ1) is 18.6. The molecule has 1 aliphatic heterocycles. The van der Waals surface area contributed by atoms with Gasteiger partial charge in [0.15, 0.2) is 5.78 Å². The van der Waals surface area contributed by atoms with Gasteiger partial charge in [-0.15, -0.1) is 5.92 Å². The summed E-state index contributed by atoms with van der Waals surface area (Å²) in [7, 11) is 0. The number of amides is 1. The first-order valence-electron chi connectivity index (χ1n) is 8.68. The van der Waals surface area contributed by atoms with Crippen molar-refractivity contribution in [2.75, 3.05) is 6.61 Å². The largest absolute Gasteiger partial charge is 0.493 e. The van der Waals surface area contributed by atoms with E-state index in [4.69, 9.17) is 4.74 Å². The van der Waals surface area contributed by atoms with Crippen molar-refractivity contribution < 1.29 is 18.7 Å². The molecule has 1 amide bonds. The van der Waals surface area contributed by atoms with Crippen molar-refractivity contribution in [3.8, 4) is 17.6 Å². The third-order valence-corrected chi connectivity index (χ3v) is 4.30. The monoisotopic (exact) mass is 366 g/mol. The molecule has 1 aromatic heterocycles. The highest BCUT2D eigenvalue weighted by Gasteiger charge is 2.44. The van der Waals surface area contributed by atoms with Crippen molar-refractivity contribution in [2.24, 2.45) is 0 Å². The number of pyridine rings is 1. The van der Waals surface area contributed by atoms with Crippen molar-refractivity contribution in [3.63, 3.8) is 0 Å². The smallest absolute Gasteiger partial charge is 0.236 e. The van der Waals surface area contributed by atoms with Gasteiger partial charge >= 0.3 is 0 Å². The molecular formula is C21H19FN2O3. The van der Waals surface area contributed by atoms with Gasteiger partial charge in [-0.3, -0.25) is 14.6 Å². The zero-order chi connectivity index (χ0) is 19.4. The lowest BCUT2D eigenvalue weighted by Gasteiger charge is -2.15. The van der Waals surface area contributed by atoms with E-state index in [1.165, 1.54) is 6.07 Å². The lowest BCUT2D eigenvalue weighted by Crippen LogP contribution is -2.31. The number of halogens is 1. The Bertz CT molecular complexity index is 932. The van der Waals surface area contributed by atoms with Crippen LogP contribution in [0.15, 0.2) is 36.5 Å². The number of benzene rings is 1. The molecule has 1 aromatic carbocycles. The van der Waals surface area contributed by atoms with Crippen molar-refractivity contribution in [1.82, 2.24) is 10.3 Å². The maximum absolute atomic E-state index is 14.8. The molecule has 0 radical (unpaired) electrons. The van der Waals surface area contributed by atoms with E-state index in [0.29, 0.717) is 11.3 Å². The fraction of sp³-hybridized carbons (Fsp3) is 0.286. The summed E-state index contributed by atoms with van der Waals surface area (Å²) < 4.78 is 20.3. The van der Waals surface area contributed by atoms with Crippen LogP contribution in [0.5, 0.6) is 5.75 Å². The molecule has 1 N–H and O–H groups in total. The zero-order valence-corrected chi connectivity index (χ0v) is 15.1. The fourth-order valence-corrected chi connectivity index (χ4v) is 3.17. The van der Waals surface area contributed by atoms with E-state index in [-0.39, 0.29) is 30.1 Å². The molecule has 5 nitrogen and oxygen atoms in total. The topological polar surface area (TPSA) is 68.3 Å². The molecule has 27 heavy (non-hydrogen) atoms. The number of hydrogen-bond acceptors (Lipinski definition) is 4. The minimum absolute atomic E-state index is 0.0375. The normalized spacial score (nSPS) is 18.6. The highest BCUT2D eigenvalue weighted by molar-refractivity contribution is 6.15. The zero-order valence-electron chi connectivity index (χ0n) is 15.1. The number of aromatic nitrogens is 1. The Hall–Kier alpha value is -3.20. The number of carbonyl (C=O) groups excluding carboxylic acids is 2. The Labute approximate surface area is 157 Å². The van der Waals surface area contributed by atoms with Gasteiger partial charge in [-0.25, -0.2) is 4.39 Å². The van der Waals surface area contributed by atoms with Crippen molar-refractivity contribution in [2.45, 2.75) is 32.2 Å². The van der Waals surface area contributed by atoms with E-state index in [1.54, 1.807) is 44.3 Å². The molecule has 1 saturated heterocycles. The van der Waals surface area contributed by atoms with E-state index >= 15 is 0 Å². The molecule has 3 rings (SSSR count). The Morgan fingerprint density at radius 1 is 1.30 bits per heavy atom. The molecule has 2 aromatic rings. The van der Waals surface area contributed by atoms with Crippen LogP contribution < -0.4 is 10.1 Å². The standard InChI is InChI=1S/C21H19FN2O3/c1-3-7-13-10-15(22)18(17(11-13)27-4-2)19-20(25)16(24-21(19)26)12-14-8-5-6-9-23-14/h5-6,8-11,16,19H,4,12H2,1-2H3,(H,24,26). The van der Waals surface area contributed by atoms with E-state index in [1.807, 2.05) is 0 Å². The van der Waals surface area contributed by atoms with Gasteiger partial charge in [0.25, 0.3) is 0 Å². The van der Waals surface area contributed by atoms with Crippen LogP contribution in [0.3, 0.4) is 0 Å². The average Bonchev–Trinajstić information content (AvgIpc) is 2.90. The molecule has 1 fully saturated rings. The summed E-state index contributed by atoms with van der Waals surface area (Å²) >= 11 is 0. The molecule has 138 valence electrons. The Morgan fingerprint density at radius 2 is 2.11 bits per heavy atom. The SMILES string of the molecule is CC#Cc1cc(F)c(C2C(=O)NC(Cc3ccccn3)C2=O)c(OCC)c1. The van der Waals surface area contributed by atoms with Crippen LogP contribution in [0, 0.1) is 17.7 Å². The number of ketones is 1. The van der Waals surface area contributed by atoms with E-state index in [2.05, 4.69) is 22.1 Å². The first-order chi connectivity index (χ1) is 13.0. The van der Waals surface area contributed by atoms with Crippen LogP contribution in [0.25, 0.3) is 0 Å². The summed E-state index contributed by atoms with van der Waals surface area (Å²) in [6, 6.07) is 7.39. The summed E-state index contributed by atoms with van der Waals surface area (Å²) in [5.41, 5.74) is 1.07. The maximum atomic E-state index is 14.8. The van der Waals surface area contributed by atoms with Gasteiger partial charge in [-0.1, -0.05) is 12.0 Å². The van der Waals surface area contributed by atoms with Gasteiger partial charge in [0.1, 0.15) is 17.5 Å². The Morgan fingerprint density at radius 3 is 2.78 bits per heavy atom. The summed E-state index contributed by atoms with van der Waals surface area (Å²) in [4.78, 5) is 29.6. The summed E-state index contributed by atoms with van der Waals surface area (Å²) in [6.07, 6.45) is 1.88. The molecular weight excluding hydrogens is 347 g/mol. The van der Waals surface area contributed by atoms with E-state index in [9.17, 15) is 14.0 Å². The highest BCUT2D eigenvalue weighted by Crippen LogP contribution is 2.35. The van der Waals surface area contributed by atoms with Crippen LogP contribution in [0.1, 0.15) is 36.6 Å². The van der Waals surface area contributed by atoms with Crippen LogP contribution >= 0.6 is 0 Å². The quantitative estimate of drug-likeness (QED) is 0.652. The first-order valence-corrected chi connectivity index (χ1v) is 8.68. The van der Waals surface area contributed by atoms with Gasteiger partial charge in [0.2, 0.25) is 5.91 Å². The predicted molar refractivity (Wildman–Crippen MR) is 97.7 cm³/mol. The second kappa shape index (κ2) is 8.00. The molecule has 2 unspecified atom stereocenters. The van der Waals surface area contributed by atoms with Gasteiger partial charge in [-0.05, 0) is 38.1 Å². The van der Waals surface area contributed by atoms with Crippen LogP contribution in [-0.4, -0.2) is 29.3 Å². The predicted octanol–water partition coefficient (Wildman–Crippen LogP) is 2.38. The third-order valence-electron chi connectivity index (χ3n) is 4.30. The minimum Gasteiger partial charge on any atom is -0.493 e. The molecule has 6 heteroatoms. The molecule has 0 spiro atoms. The van der Waals surface area contributed by atoms with Gasteiger partial charge in [-0.2, -0.15) is 0 Å². The van der Waals surface area contributed by atoms with Gasteiger partial charge in [0.05, 0.1) is 12.6 Å². The lowest BCUT2D eigenvalue weighted by atomic mass is 9.91. The third kappa shape index (κ3) is 3.82. The summed E-state index contributed by atoms with van der Waals surface area (Å²) in [5, 5.41) is 2.66. The number of hydrogen-bond donors (Lipinski definition) is 1. The van der Waals surface area contributed by atoms with E-state index in [0.717, 1.165) is 0 Å². The number of carbonyl (C=O) groups is 2. The van der Waals surface area contributed by atoms with Crippen molar-refractivity contribution >= 4 is 11.7 Å². The fourth-order valence-electron chi connectivity index (χ4n) is 3.17. The molecule has 1 aliphatic rings. The van der Waals surface area contributed by atoms with Crippen LogP contribution in [-0.2, 0) is 16.0 Å². The summed E-state index contributed by atoms with van der Waals surface area (Å²) in [6.45, 7) is 3.66. The number of Topliss-reactive ketones (excluding diaryl/α,β-unsaturated/α-hetero) is 1. The second-order valence-corrected chi connectivity index (χ2v) is 6.10. The van der Waals surface area contributed by atoms with Crippen LogP contribution in [0.4, 0.5) is 4.39 Å². The van der Waals surface area contributed by atoms with E-state index < -0.39 is 23.7 Å². The minimum atomic E-state index is -1.25. The number of nitrogens with one attached hydrogen (secondary N) is 1. The second-order valence-electron chi connectivity index (χ2n) is 6.10.